The molecule has 2 heterocycles. The monoisotopic (exact) mass is 230 g/mol. The highest BCUT2D eigenvalue weighted by Crippen LogP contribution is 2.30. The number of hydrogen-bond donors (Lipinski definition) is 0. The lowest BCUT2D eigenvalue weighted by atomic mass is 10.1. The molecule has 1 saturated heterocycles. The second-order valence-corrected chi connectivity index (χ2v) is 5.05. The number of thioether (sulfide) groups is 1. The van der Waals surface area contributed by atoms with Crippen molar-refractivity contribution in [1.29, 1.82) is 0 Å². The molecule has 1 unspecified atom stereocenters. The highest BCUT2D eigenvalue weighted by molar-refractivity contribution is 8.00. The van der Waals surface area contributed by atoms with Gasteiger partial charge in [-0.25, -0.2) is 0 Å². The summed E-state index contributed by atoms with van der Waals surface area (Å²) in [5.74, 6) is 1.20. The maximum absolute atomic E-state index is 12.0. The zero-order valence-corrected chi connectivity index (χ0v) is 9.44. The van der Waals surface area contributed by atoms with E-state index in [4.69, 9.17) is 11.6 Å². The Morgan fingerprint density at radius 1 is 1.79 bits per heavy atom. The summed E-state index contributed by atoms with van der Waals surface area (Å²) in [6.45, 7) is 0. The Morgan fingerprint density at radius 3 is 3.07 bits per heavy atom. The molecule has 1 aromatic rings. The summed E-state index contributed by atoms with van der Waals surface area (Å²) in [5, 5.41) is 4.51. The molecule has 14 heavy (non-hydrogen) atoms. The first-order valence-electron chi connectivity index (χ1n) is 4.53. The summed E-state index contributed by atoms with van der Waals surface area (Å²) in [4.78, 5) is 12.0. The number of nitrogens with zero attached hydrogens (tertiary/aromatic N) is 2. The topological polar surface area (TPSA) is 34.9 Å². The number of aryl methyl sites for hydroxylation is 1. The second-order valence-electron chi connectivity index (χ2n) is 3.33. The van der Waals surface area contributed by atoms with Crippen LogP contribution in [-0.2, 0) is 7.05 Å². The molecule has 0 N–H and O–H groups in total. The number of ketones is 1. The van der Waals surface area contributed by atoms with Gasteiger partial charge in [0.25, 0.3) is 0 Å². The van der Waals surface area contributed by atoms with Crippen LogP contribution in [0.1, 0.15) is 23.3 Å². The molecule has 0 spiro atoms. The molecule has 0 saturated carbocycles. The van der Waals surface area contributed by atoms with Crippen molar-refractivity contribution in [2.24, 2.45) is 7.05 Å². The van der Waals surface area contributed by atoms with E-state index in [-0.39, 0.29) is 11.0 Å². The summed E-state index contributed by atoms with van der Waals surface area (Å²) < 4.78 is 1.56. The molecule has 1 aromatic heterocycles. The van der Waals surface area contributed by atoms with Gasteiger partial charge in [-0.2, -0.15) is 16.9 Å². The van der Waals surface area contributed by atoms with E-state index >= 15 is 0 Å². The number of Topliss-reactive ketones (excluding diaryl/α,β-unsaturated/α-hetero) is 1. The van der Waals surface area contributed by atoms with Crippen molar-refractivity contribution in [3.8, 4) is 0 Å². The van der Waals surface area contributed by atoms with Crippen LogP contribution < -0.4 is 0 Å². The van der Waals surface area contributed by atoms with Crippen LogP contribution in [0, 0.1) is 0 Å². The molecule has 0 aliphatic carbocycles. The van der Waals surface area contributed by atoms with Crippen LogP contribution in [0.15, 0.2) is 6.20 Å². The number of hydrogen-bond acceptors (Lipinski definition) is 3. The fourth-order valence-electron chi connectivity index (χ4n) is 1.62. The third kappa shape index (κ3) is 1.68. The van der Waals surface area contributed by atoms with E-state index in [9.17, 15) is 4.79 Å². The van der Waals surface area contributed by atoms with E-state index in [1.54, 1.807) is 23.5 Å². The lowest BCUT2D eigenvalue weighted by Gasteiger charge is -2.07. The molecule has 0 radical (unpaired) electrons. The van der Waals surface area contributed by atoms with Gasteiger partial charge in [-0.05, 0) is 18.6 Å². The minimum atomic E-state index is 0.0860. The first-order valence-corrected chi connectivity index (χ1v) is 5.96. The first kappa shape index (κ1) is 10.1. The van der Waals surface area contributed by atoms with Gasteiger partial charge < -0.3 is 0 Å². The van der Waals surface area contributed by atoms with Crippen molar-refractivity contribution in [2.45, 2.75) is 18.1 Å². The first-order chi connectivity index (χ1) is 6.70. The van der Waals surface area contributed by atoms with E-state index in [1.807, 2.05) is 0 Å². The van der Waals surface area contributed by atoms with Crippen LogP contribution in [0.3, 0.4) is 0 Å². The lowest BCUT2D eigenvalue weighted by molar-refractivity contribution is 0.0979. The van der Waals surface area contributed by atoms with Crippen molar-refractivity contribution in [3.63, 3.8) is 0 Å². The number of rotatable bonds is 2. The minimum absolute atomic E-state index is 0.0860. The van der Waals surface area contributed by atoms with Gasteiger partial charge in [0.05, 0.1) is 16.5 Å². The number of halogens is 1. The van der Waals surface area contributed by atoms with E-state index in [0.717, 1.165) is 18.6 Å². The van der Waals surface area contributed by atoms with Gasteiger partial charge in [-0.3, -0.25) is 9.48 Å². The molecule has 5 heteroatoms. The Labute approximate surface area is 91.8 Å². The molecule has 3 nitrogen and oxygen atoms in total. The maximum atomic E-state index is 12.0. The van der Waals surface area contributed by atoms with Gasteiger partial charge in [0.15, 0.2) is 5.78 Å². The van der Waals surface area contributed by atoms with Crippen LogP contribution >= 0.6 is 23.4 Å². The summed E-state index contributed by atoms with van der Waals surface area (Å²) in [7, 11) is 1.75. The lowest BCUT2D eigenvalue weighted by Crippen LogP contribution is -2.18. The molecular weight excluding hydrogens is 220 g/mol. The van der Waals surface area contributed by atoms with Crippen molar-refractivity contribution in [1.82, 2.24) is 9.78 Å². The molecule has 1 aliphatic rings. The molecule has 1 aliphatic heterocycles. The SMILES string of the molecule is Cn1ncc(Cl)c1C(=O)C1CCCS1. The van der Waals surface area contributed by atoms with E-state index in [2.05, 4.69) is 5.10 Å². The quantitative estimate of drug-likeness (QED) is 0.731. The van der Waals surface area contributed by atoms with Crippen LogP contribution in [0.25, 0.3) is 0 Å². The fourth-order valence-corrected chi connectivity index (χ4v) is 3.10. The van der Waals surface area contributed by atoms with E-state index in [0.29, 0.717) is 10.7 Å². The zero-order valence-electron chi connectivity index (χ0n) is 7.86. The Hall–Kier alpha value is -0.480. The van der Waals surface area contributed by atoms with Gasteiger partial charge in [0, 0.05) is 7.05 Å². The summed E-state index contributed by atoms with van der Waals surface area (Å²) in [6.07, 6.45) is 3.61. The van der Waals surface area contributed by atoms with Crippen molar-refractivity contribution >= 4 is 29.1 Å². The average molecular weight is 231 g/mol. The highest BCUT2D eigenvalue weighted by Gasteiger charge is 2.28. The summed E-state index contributed by atoms with van der Waals surface area (Å²) >= 11 is 7.62. The number of carbonyl (C=O) groups is 1. The minimum Gasteiger partial charge on any atom is -0.291 e. The highest BCUT2D eigenvalue weighted by atomic mass is 35.5. The normalized spacial score (nSPS) is 21.4. The Kier molecular flexibility index (Phi) is 2.83. The third-order valence-electron chi connectivity index (χ3n) is 2.35. The molecule has 76 valence electrons. The number of aromatic nitrogens is 2. The van der Waals surface area contributed by atoms with Crippen LogP contribution in [0.5, 0.6) is 0 Å². The Balaban J connectivity index is 2.25. The van der Waals surface area contributed by atoms with Crippen molar-refractivity contribution in [3.05, 3.63) is 16.9 Å². The van der Waals surface area contributed by atoms with Crippen molar-refractivity contribution < 1.29 is 4.79 Å². The molecule has 0 bridgehead atoms. The zero-order chi connectivity index (χ0) is 10.1. The van der Waals surface area contributed by atoms with Crippen LogP contribution in [0.2, 0.25) is 5.02 Å². The number of carbonyl (C=O) groups excluding carboxylic acids is 1. The van der Waals surface area contributed by atoms with Gasteiger partial charge in [0.1, 0.15) is 5.69 Å². The average Bonchev–Trinajstić information content (AvgIpc) is 2.75. The third-order valence-corrected chi connectivity index (χ3v) is 4.00. The molecule has 2 rings (SSSR count). The second kappa shape index (κ2) is 3.95. The van der Waals surface area contributed by atoms with E-state index in [1.165, 1.54) is 6.20 Å². The standard InChI is InChI=1S/C9H11ClN2OS/c1-12-8(6(10)5-11-12)9(13)7-3-2-4-14-7/h5,7H,2-4H2,1H3. The Bertz CT molecular complexity index is 338. The molecule has 0 amide bonds. The molecule has 1 fully saturated rings. The summed E-state index contributed by atoms with van der Waals surface area (Å²) in [5.41, 5.74) is 0.547. The van der Waals surface area contributed by atoms with Gasteiger partial charge >= 0.3 is 0 Å². The summed E-state index contributed by atoms with van der Waals surface area (Å²) in [6, 6.07) is 0. The molecule has 1 atom stereocenters. The largest absolute Gasteiger partial charge is 0.291 e. The Morgan fingerprint density at radius 2 is 2.57 bits per heavy atom. The van der Waals surface area contributed by atoms with Crippen LogP contribution in [-0.4, -0.2) is 26.6 Å². The molecular formula is C9H11ClN2OS. The predicted molar refractivity (Wildman–Crippen MR) is 58.0 cm³/mol. The van der Waals surface area contributed by atoms with Gasteiger partial charge in [-0.1, -0.05) is 11.6 Å². The maximum Gasteiger partial charge on any atom is 0.195 e. The van der Waals surface area contributed by atoms with Gasteiger partial charge in [-0.15, -0.1) is 0 Å². The predicted octanol–water partition coefficient (Wildman–Crippen LogP) is 2.15. The van der Waals surface area contributed by atoms with Crippen molar-refractivity contribution in [2.75, 3.05) is 5.75 Å². The smallest absolute Gasteiger partial charge is 0.195 e. The van der Waals surface area contributed by atoms with Gasteiger partial charge in [0.2, 0.25) is 0 Å². The van der Waals surface area contributed by atoms with E-state index < -0.39 is 0 Å². The molecule has 0 aromatic carbocycles. The fraction of sp³-hybridized carbons (Fsp3) is 0.556. The van der Waals surface area contributed by atoms with Crippen LogP contribution in [0.4, 0.5) is 0 Å².